The fourth-order valence-electron chi connectivity index (χ4n) is 1.95. The number of nitrogens with one attached hydrogen (secondary N) is 1. The molecular formula is C13H19NO. The van der Waals surface area contributed by atoms with Crippen LogP contribution >= 0.6 is 0 Å². The summed E-state index contributed by atoms with van der Waals surface area (Å²) in [5.41, 5.74) is 2.40. The summed E-state index contributed by atoms with van der Waals surface area (Å²) in [7, 11) is 1.71. The van der Waals surface area contributed by atoms with Gasteiger partial charge in [0, 0.05) is 12.2 Å². The first-order valence-corrected chi connectivity index (χ1v) is 5.68. The van der Waals surface area contributed by atoms with Gasteiger partial charge in [-0.2, -0.15) is 0 Å². The third-order valence-corrected chi connectivity index (χ3v) is 3.21. The summed E-state index contributed by atoms with van der Waals surface area (Å²) in [5.74, 6) is 1.86. The van der Waals surface area contributed by atoms with Gasteiger partial charge in [-0.3, -0.25) is 0 Å². The Balaban J connectivity index is 1.93. The molecule has 0 amide bonds. The quantitative estimate of drug-likeness (QED) is 0.815. The number of aryl methyl sites for hydroxylation is 1. The van der Waals surface area contributed by atoms with E-state index in [1.54, 1.807) is 7.11 Å². The van der Waals surface area contributed by atoms with Gasteiger partial charge in [0.25, 0.3) is 0 Å². The SMILES string of the molecule is COc1ccc(NCC2CCC2)cc1C. The fourth-order valence-corrected chi connectivity index (χ4v) is 1.95. The second-order valence-electron chi connectivity index (χ2n) is 4.36. The molecule has 1 aromatic rings. The van der Waals surface area contributed by atoms with Crippen molar-refractivity contribution < 1.29 is 4.74 Å². The molecule has 0 unspecified atom stereocenters. The number of ether oxygens (including phenoxy) is 1. The Labute approximate surface area is 91.6 Å². The highest BCUT2D eigenvalue weighted by Gasteiger charge is 2.16. The largest absolute Gasteiger partial charge is 0.496 e. The van der Waals surface area contributed by atoms with Gasteiger partial charge >= 0.3 is 0 Å². The van der Waals surface area contributed by atoms with E-state index in [9.17, 15) is 0 Å². The van der Waals surface area contributed by atoms with Crippen LogP contribution in [-0.2, 0) is 0 Å². The van der Waals surface area contributed by atoms with Crippen molar-refractivity contribution in [1.82, 2.24) is 0 Å². The van der Waals surface area contributed by atoms with Gasteiger partial charge in [-0.25, -0.2) is 0 Å². The zero-order chi connectivity index (χ0) is 10.7. The molecule has 2 heteroatoms. The molecule has 2 nitrogen and oxygen atoms in total. The smallest absolute Gasteiger partial charge is 0.121 e. The van der Waals surface area contributed by atoms with E-state index in [1.807, 2.05) is 6.07 Å². The van der Waals surface area contributed by atoms with Crippen molar-refractivity contribution in [2.45, 2.75) is 26.2 Å². The summed E-state index contributed by atoms with van der Waals surface area (Å²) in [6, 6.07) is 6.26. The van der Waals surface area contributed by atoms with Crippen molar-refractivity contribution >= 4 is 5.69 Å². The van der Waals surface area contributed by atoms with Crippen LogP contribution in [0.5, 0.6) is 5.75 Å². The van der Waals surface area contributed by atoms with Crippen molar-refractivity contribution in [3.8, 4) is 5.75 Å². The normalized spacial score (nSPS) is 15.9. The maximum atomic E-state index is 5.23. The molecule has 1 aliphatic carbocycles. The topological polar surface area (TPSA) is 21.3 Å². The lowest BCUT2D eigenvalue weighted by Gasteiger charge is -2.26. The van der Waals surface area contributed by atoms with Gasteiger partial charge in [-0.1, -0.05) is 6.42 Å². The second-order valence-corrected chi connectivity index (χ2v) is 4.36. The van der Waals surface area contributed by atoms with Crippen molar-refractivity contribution in [2.24, 2.45) is 5.92 Å². The molecule has 0 bridgehead atoms. The van der Waals surface area contributed by atoms with Crippen LogP contribution in [0.2, 0.25) is 0 Å². The molecule has 1 aliphatic rings. The Bertz CT molecular complexity index is 331. The molecule has 0 atom stereocenters. The van der Waals surface area contributed by atoms with Crippen LogP contribution in [0.25, 0.3) is 0 Å². The zero-order valence-electron chi connectivity index (χ0n) is 9.55. The Kier molecular flexibility index (Phi) is 3.14. The molecular weight excluding hydrogens is 186 g/mol. The van der Waals surface area contributed by atoms with Gasteiger partial charge in [0.05, 0.1) is 7.11 Å². The van der Waals surface area contributed by atoms with E-state index < -0.39 is 0 Å². The van der Waals surface area contributed by atoms with Crippen LogP contribution in [0, 0.1) is 12.8 Å². The van der Waals surface area contributed by atoms with E-state index in [0.717, 1.165) is 18.2 Å². The standard InChI is InChI=1S/C13H19NO/c1-10-8-12(6-7-13(10)15-2)14-9-11-4-3-5-11/h6-8,11,14H,3-5,9H2,1-2H3. The lowest BCUT2D eigenvalue weighted by atomic mass is 9.85. The average Bonchev–Trinajstić information content (AvgIpc) is 2.16. The van der Waals surface area contributed by atoms with Crippen LogP contribution in [0.15, 0.2) is 18.2 Å². The van der Waals surface area contributed by atoms with Crippen LogP contribution < -0.4 is 10.1 Å². The van der Waals surface area contributed by atoms with Crippen molar-refractivity contribution in [3.63, 3.8) is 0 Å². The van der Waals surface area contributed by atoms with Crippen molar-refractivity contribution in [2.75, 3.05) is 19.0 Å². The highest BCUT2D eigenvalue weighted by Crippen LogP contribution is 2.27. The summed E-state index contributed by atoms with van der Waals surface area (Å²) in [4.78, 5) is 0. The van der Waals surface area contributed by atoms with Gasteiger partial charge in [-0.05, 0) is 49.4 Å². The maximum absolute atomic E-state index is 5.23. The second kappa shape index (κ2) is 4.56. The van der Waals surface area contributed by atoms with Crippen molar-refractivity contribution in [1.29, 1.82) is 0 Å². The monoisotopic (exact) mass is 205 g/mol. The molecule has 82 valence electrons. The molecule has 0 spiro atoms. The Hall–Kier alpha value is -1.18. The van der Waals surface area contributed by atoms with Gasteiger partial charge < -0.3 is 10.1 Å². The maximum Gasteiger partial charge on any atom is 0.121 e. The molecule has 2 rings (SSSR count). The third kappa shape index (κ3) is 2.44. The van der Waals surface area contributed by atoms with E-state index in [1.165, 1.54) is 30.5 Å². The minimum absolute atomic E-state index is 0.896. The van der Waals surface area contributed by atoms with Gasteiger partial charge in [0.1, 0.15) is 5.75 Å². The van der Waals surface area contributed by atoms with Crippen LogP contribution in [-0.4, -0.2) is 13.7 Å². The van der Waals surface area contributed by atoms with Gasteiger partial charge in [-0.15, -0.1) is 0 Å². The predicted octanol–water partition coefficient (Wildman–Crippen LogP) is 3.22. The molecule has 0 aliphatic heterocycles. The van der Waals surface area contributed by atoms with Crippen molar-refractivity contribution in [3.05, 3.63) is 23.8 Å². The molecule has 0 saturated heterocycles. The minimum Gasteiger partial charge on any atom is -0.496 e. The summed E-state index contributed by atoms with van der Waals surface area (Å²) in [6.45, 7) is 3.19. The molecule has 0 aromatic heterocycles. The molecule has 0 radical (unpaired) electrons. The molecule has 1 aromatic carbocycles. The lowest BCUT2D eigenvalue weighted by molar-refractivity contribution is 0.333. The van der Waals surface area contributed by atoms with E-state index in [0.29, 0.717) is 0 Å². The number of benzene rings is 1. The summed E-state index contributed by atoms with van der Waals surface area (Å²) in [6.07, 6.45) is 4.19. The van der Waals surface area contributed by atoms with Gasteiger partial charge in [0.2, 0.25) is 0 Å². The average molecular weight is 205 g/mol. The molecule has 1 fully saturated rings. The Morgan fingerprint density at radius 1 is 1.40 bits per heavy atom. The first-order valence-electron chi connectivity index (χ1n) is 5.68. The third-order valence-electron chi connectivity index (χ3n) is 3.21. The molecule has 1 saturated carbocycles. The number of hydrogen-bond acceptors (Lipinski definition) is 2. The summed E-state index contributed by atoms with van der Waals surface area (Å²) < 4.78 is 5.23. The zero-order valence-corrected chi connectivity index (χ0v) is 9.55. The predicted molar refractivity (Wildman–Crippen MR) is 63.6 cm³/mol. The van der Waals surface area contributed by atoms with Crippen LogP contribution in [0.3, 0.4) is 0 Å². The molecule has 0 heterocycles. The Morgan fingerprint density at radius 2 is 2.20 bits per heavy atom. The first-order chi connectivity index (χ1) is 7.29. The number of methoxy groups -OCH3 is 1. The highest BCUT2D eigenvalue weighted by atomic mass is 16.5. The minimum atomic E-state index is 0.896. The van der Waals surface area contributed by atoms with E-state index in [2.05, 4.69) is 24.4 Å². The molecule has 15 heavy (non-hydrogen) atoms. The van der Waals surface area contributed by atoms with Crippen LogP contribution in [0.1, 0.15) is 24.8 Å². The summed E-state index contributed by atoms with van der Waals surface area (Å²) >= 11 is 0. The van der Waals surface area contributed by atoms with E-state index in [4.69, 9.17) is 4.74 Å². The summed E-state index contributed by atoms with van der Waals surface area (Å²) in [5, 5.41) is 3.48. The number of rotatable bonds is 4. The Morgan fingerprint density at radius 3 is 2.73 bits per heavy atom. The lowest BCUT2D eigenvalue weighted by Crippen LogP contribution is -2.20. The van der Waals surface area contributed by atoms with Gasteiger partial charge in [0.15, 0.2) is 0 Å². The van der Waals surface area contributed by atoms with E-state index >= 15 is 0 Å². The number of hydrogen-bond donors (Lipinski definition) is 1. The molecule has 1 N–H and O–H groups in total. The highest BCUT2D eigenvalue weighted by molar-refractivity contribution is 5.50. The fraction of sp³-hybridized carbons (Fsp3) is 0.538. The first kappa shape index (κ1) is 10.3. The van der Waals surface area contributed by atoms with Crippen LogP contribution in [0.4, 0.5) is 5.69 Å². The number of anilines is 1. The van der Waals surface area contributed by atoms with E-state index in [-0.39, 0.29) is 0 Å².